The van der Waals surface area contributed by atoms with Crippen molar-refractivity contribution in [2.75, 3.05) is 25.1 Å². The summed E-state index contributed by atoms with van der Waals surface area (Å²) in [7, 11) is 0. The standard InChI is InChI=1S/C12H18N4O2/c1-2-13-12(17)10-5-6-11(16-15-10)14-9-4-3-7-18-8-9/h5-6,9H,2-4,7-8H2,1H3,(H,13,17)(H,14,16). The average molecular weight is 250 g/mol. The number of hydrogen-bond donors (Lipinski definition) is 2. The number of anilines is 1. The molecule has 0 aromatic carbocycles. The lowest BCUT2D eigenvalue weighted by atomic mass is 10.1. The van der Waals surface area contributed by atoms with E-state index in [2.05, 4.69) is 20.8 Å². The first-order chi connectivity index (χ1) is 8.79. The Bertz CT molecular complexity index is 388. The van der Waals surface area contributed by atoms with Crippen molar-refractivity contribution in [3.05, 3.63) is 17.8 Å². The maximum Gasteiger partial charge on any atom is 0.271 e. The molecule has 1 unspecified atom stereocenters. The van der Waals surface area contributed by atoms with Gasteiger partial charge in [-0.05, 0) is 31.9 Å². The van der Waals surface area contributed by atoms with Crippen LogP contribution in [-0.2, 0) is 4.74 Å². The summed E-state index contributed by atoms with van der Waals surface area (Å²) in [5.41, 5.74) is 0.335. The molecule has 6 nitrogen and oxygen atoms in total. The predicted molar refractivity (Wildman–Crippen MR) is 67.5 cm³/mol. The Labute approximate surface area is 106 Å². The Morgan fingerprint density at radius 3 is 3.00 bits per heavy atom. The molecular weight excluding hydrogens is 232 g/mol. The van der Waals surface area contributed by atoms with E-state index in [1.165, 1.54) is 0 Å². The van der Waals surface area contributed by atoms with E-state index < -0.39 is 0 Å². The molecule has 2 heterocycles. The van der Waals surface area contributed by atoms with E-state index in [-0.39, 0.29) is 11.9 Å². The number of carbonyl (C=O) groups is 1. The van der Waals surface area contributed by atoms with Crippen LogP contribution in [0.2, 0.25) is 0 Å². The normalized spacial score (nSPS) is 19.3. The molecular formula is C12H18N4O2. The van der Waals surface area contributed by atoms with Gasteiger partial charge in [-0.3, -0.25) is 4.79 Å². The molecule has 2 rings (SSSR count). The van der Waals surface area contributed by atoms with Gasteiger partial charge in [0.1, 0.15) is 5.82 Å². The van der Waals surface area contributed by atoms with Crippen LogP contribution in [0.3, 0.4) is 0 Å². The Hall–Kier alpha value is -1.69. The lowest BCUT2D eigenvalue weighted by molar-refractivity contribution is 0.0874. The maximum absolute atomic E-state index is 11.5. The number of ether oxygens (including phenoxy) is 1. The summed E-state index contributed by atoms with van der Waals surface area (Å²) in [6, 6.07) is 3.72. The van der Waals surface area contributed by atoms with Gasteiger partial charge in [0.05, 0.1) is 12.6 Å². The molecule has 1 atom stereocenters. The summed E-state index contributed by atoms with van der Waals surface area (Å²) in [5, 5.41) is 13.8. The second-order valence-electron chi connectivity index (χ2n) is 4.22. The quantitative estimate of drug-likeness (QED) is 0.827. The molecule has 1 aromatic heterocycles. The summed E-state index contributed by atoms with van der Waals surface area (Å²) >= 11 is 0. The predicted octanol–water partition coefficient (Wildman–Crippen LogP) is 0.817. The lowest BCUT2D eigenvalue weighted by Gasteiger charge is -2.23. The van der Waals surface area contributed by atoms with Gasteiger partial charge in [-0.1, -0.05) is 0 Å². The Balaban J connectivity index is 1.92. The zero-order chi connectivity index (χ0) is 12.8. The van der Waals surface area contributed by atoms with Crippen LogP contribution >= 0.6 is 0 Å². The molecule has 2 N–H and O–H groups in total. The van der Waals surface area contributed by atoms with Crippen LogP contribution in [0.1, 0.15) is 30.3 Å². The second kappa shape index (κ2) is 6.30. The van der Waals surface area contributed by atoms with Crippen LogP contribution in [0.25, 0.3) is 0 Å². The van der Waals surface area contributed by atoms with E-state index in [1.807, 2.05) is 6.92 Å². The number of amides is 1. The molecule has 98 valence electrons. The largest absolute Gasteiger partial charge is 0.379 e. The van der Waals surface area contributed by atoms with Crippen LogP contribution in [0.5, 0.6) is 0 Å². The molecule has 0 spiro atoms. The number of nitrogens with zero attached hydrogens (tertiary/aromatic N) is 2. The Morgan fingerprint density at radius 2 is 2.39 bits per heavy atom. The average Bonchev–Trinajstić information content (AvgIpc) is 2.41. The third kappa shape index (κ3) is 3.40. The summed E-state index contributed by atoms with van der Waals surface area (Å²) in [4.78, 5) is 11.5. The molecule has 0 radical (unpaired) electrons. The minimum absolute atomic E-state index is 0.197. The van der Waals surface area contributed by atoms with Gasteiger partial charge < -0.3 is 15.4 Å². The van der Waals surface area contributed by atoms with Crippen LogP contribution in [0, 0.1) is 0 Å². The fourth-order valence-electron chi connectivity index (χ4n) is 1.85. The number of aromatic nitrogens is 2. The molecule has 6 heteroatoms. The van der Waals surface area contributed by atoms with Crippen molar-refractivity contribution in [1.82, 2.24) is 15.5 Å². The SMILES string of the molecule is CCNC(=O)c1ccc(NC2CCCOC2)nn1. The molecule has 0 saturated carbocycles. The third-order valence-electron chi connectivity index (χ3n) is 2.75. The zero-order valence-corrected chi connectivity index (χ0v) is 10.5. The molecule has 18 heavy (non-hydrogen) atoms. The maximum atomic E-state index is 11.5. The Morgan fingerprint density at radius 1 is 1.50 bits per heavy atom. The van der Waals surface area contributed by atoms with Gasteiger partial charge in [0, 0.05) is 13.2 Å². The van der Waals surface area contributed by atoms with Crippen molar-refractivity contribution < 1.29 is 9.53 Å². The van der Waals surface area contributed by atoms with E-state index in [1.54, 1.807) is 12.1 Å². The molecule has 1 fully saturated rings. The van der Waals surface area contributed by atoms with Crippen molar-refractivity contribution in [2.24, 2.45) is 0 Å². The van der Waals surface area contributed by atoms with Gasteiger partial charge in [-0.2, -0.15) is 0 Å². The smallest absolute Gasteiger partial charge is 0.271 e. The fraction of sp³-hybridized carbons (Fsp3) is 0.583. The highest BCUT2D eigenvalue weighted by molar-refractivity contribution is 5.92. The van der Waals surface area contributed by atoms with Crippen molar-refractivity contribution >= 4 is 11.7 Å². The van der Waals surface area contributed by atoms with Gasteiger partial charge in [0.25, 0.3) is 5.91 Å². The minimum Gasteiger partial charge on any atom is -0.379 e. The van der Waals surface area contributed by atoms with Gasteiger partial charge in [0.15, 0.2) is 5.69 Å². The second-order valence-corrected chi connectivity index (χ2v) is 4.22. The highest BCUT2D eigenvalue weighted by Crippen LogP contribution is 2.11. The minimum atomic E-state index is -0.197. The van der Waals surface area contributed by atoms with Crippen LogP contribution in [0.15, 0.2) is 12.1 Å². The summed E-state index contributed by atoms with van der Waals surface area (Å²) < 4.78 is 5.37. The summed E-state index contributed by atoms with van der Waals surface area (Å²) in [5.74, 6) is 0.482. The van der Waals surface area contributed by atoms with Crippen molar-refractivity contribution in [3.63, 3.8) is 0 Å². The first-order valence-corrected chi connectivity index (χ1v) is 6.26. The van der Waals surface area contributed by atoms with Gasteiger partial charge in [-0.25, -0.2) is 0 Å². The number of carbonyl (C=O) groups excluding carboxylic acids is 1. The molecule has 0 aliphatic carbocycles. The topological polar surface area (TPSA) is 76.1 Å². The van der Waals surface area contributed by atoms with Gasteiger partial charge in [0.2, 0.25) is 0 Å². The zero-order valence-electron chi connectivity index (χ0n) is 10.5. The first-order valence-electron chi connectivity index (χ1n) is 6.26. The first kappa shape index (κ1) is 12.8. The number of rotatable bonds is 4. The fourth-order valence-corrected chi connectivity index (χ4v) is 1.85. The van der Waals surface area contributed by atoms with E-state index >= 15 is 0 Å². The number of nitrogens with one attached hydrogen (secondary N) is 2. The number of hydrogen-bond acceptors (Lipinski definition) is 5. The summed E-state index contributed by atoms with van der Waals surface area (Å²) in [6.07, 6.45) is 2.13. The molecule has 1 aliphatic rings. The highest BCUT2D eigenvalue weighted by Gasteiger charge is 2.14. The third-order valence-corrected chi connectivity index (χ3v) is 2.75. The van der Waals surface area contributed by atoms with Crippen molar-refractivity contribution in [2.45, 2.75) is 25.8 Å². The van der Waals surface area contributed by atoms with E-state index in [4.69, 9.17) is 4.74 Å². The molecule has 1 aliphatic heterocycles. The highest BCUT2D eigenvalue weighted by atomic mass is 16.5. The molecule has 1 amide bonds. The van der Waals surface area contributed by atoms with Gasteiger partial charge >= 0.3 is 0 Å². The molecule has 1 aromatic rings. The van der Waals surface area contributed by atoms with Gasteiger partial charge in [-0.15, -0.1) is 10.2 Å². The van der Waals surface area contributed by atoms with Crippen molar-refractivity contribution in [1.29, 1.82) is 0 Å². The van der Waals surface area contributed by atoms with E-state index in [0.717, 1.165) is 19.4 Å². The van der Waals surface area contributed by atoms with Crippen molar-refractivity contribution in [3.8, 4) is 0 Å². The lowest BCUT2D eigenvalue weighted by Crippen LogP contribution is -2.30. The molecule has 0 bridgehead atoms. The van der Waals surface area contributed by atoms with E-state index in [0.29, 0.717) is 24.7 Å². The van der Waals surface area contributed by atoms with Crippen LogP contribution < -0.4 is 10.6 Å². The van der Waals surface area contributed by atoms with E-state index in [9.17, 15) is 4.79 Å². The summed E-state index contributed by atoms with van der Waals surface area (Å²) in [6.45, 7) is 3.98. The van der Waals surface area contributed by atoms with Crippen LogP contribution in [0.4, 0.5) is 5.82 Å². The Kier molecular flexibility index (Phi) is 4.46. The monoisotopic (exact) mass is 250 g/mol. The molecule has 1 saturated heterocycles. The van der Waals surface area contributed by atoms with Crippen LogP contribution in [-0.4, -0.2) is 41.9 Å².